The van der Waals surface area contributed by atoms with Crippen molar-refractivity contribution in [2.45, 2.75) is 20.1 Å². The molecular formula is C26H19Cl3FNO4S. The van der Waals surface area contributed by atoms with E-state index in [1.54, 1.807) is 30.3 Å². The summed E-state index contributed by atoms with van der Waals surface area (Å²) in [6.07, 6.45) is 1.56. The maximum Gasteiger partial charge on any atom is 0.293 e. The highest BCUT2D eigenvalue weighted by atomic mass is 35.5. The lowest BCUT2D eigenvalue weighted by molar-refractivity contribution is -0.123. The Hall–Kier alpha value is -2.71. The van der Waals surface area contributed by atoms with Crippen LogP contribution >= 0.6 is 46.6 Å². The van der Waals surface area contributed by atoms with E-state index in [1.807, 2.05) is 19.1 Å². The van der Waals surface area contributed by atoms with Crippen LogP contribution in [0.25, 0.3) is 6.08 Å². The summed E-state index contributed by atoms with van der Waals surface area (Å²) < 4.78 is 25.0. The Morgan fingerprint density at radius 3 is 2.42 bits per heavy atom. The number of amides is 2. The van der Waals surface area contributed by atoms with Crippen LogP contribution in [0.3, 0.4) is 0 Å². The topological polar surface area (TPSA) is 55.8 Å². The lowest BCUT2D eigenvalue weighted by atomic mass is 10.1. The summed E-state index contributed by atoms with van der Waals surface area (Å²) in [7, 11) is 0. The molecule has 0 spiro atoms. The van der Waals surface area contributed by atoms with Crippen molar-refractivity contribution in [2.24, 2.45) is 0 Å². The number of imide groups is 1. The molecule has 10 heteroatoms. The first kappa shape index (κ1) is 26.4. The fraction of sp³-hybridized carbons (Fsp3) is 0.154. The van der Waals surface area contributed by atoms with Crippen LogP contribution in [-0.4, -0.2) is 22.7 Å². The van der Waals surface area contributed by atoms with E-state index in [-0.39, 0.29) is 23.1 Å². The van der Waals surface area contributed by atoms with Crippen LogP contribution < -0.4 is 9.47 Å². The molecule has 5 nitrogen and oxygen atoms in total. The molecule has 0 aromatic heterocycles. The summed E-state index contributed by atoms with van der Waals surface area (Å²) in [4.78, 5) is 26.8. The quantitative estimate of drug-likeness (QED) is 0.259. The van der Waals surface area contributed by atoms with Crippen molar-refractivity contribution in [3.63, 3.8) is 0 Å². The average molecular weight is 567 g/mol. The largest absolute Gasteiger partial charge is 0.490 e. The first-order chi connectivity index (χ1) is 17.2. The zero-order valence-corrected chi connectivity index (χ0v) is 22.0. The number of hydrogen-bond donors (Lipinski definition) is 0. The van der Waals surface area contributed by atoms with Crippen LogP contribution in [0.2, 0.25) is 15.1 Å². The van der Waals surface area contributed by atoms with E-state index in [4.69, 9.17) is 44.3 Å². The summed E-state index contributed by atoms with van der Waals surface area (Å²) in [5.74, 6) is -0.213. The second kappa shape index (κ2) is 11.6. The van der Waals surface area contributed by atoms with E-state index in [1.165, 1.54) is 12.1 Å². The SMILES string of the molecule is CCOc1cc(/C=C2\SC(=O)N(Cc3ccc(F)cc3Cl)C2=O)cc(Cl)c1OCc1ccc(Cl)cc1. The molecule has 186 valence electrons. The third kappa shape index (κ3) is 6.16. The van der Waals surface area contributed by atoms with E-state index in [9.17, 15) is 14.0 Å². The van der Waals surface area contributed by atoms with Crippen molar-refractivity contribution < 1.29 is 23.5 Å². The lowest BCUT2D eigenvalue weighted by Crippen LogP contribution is -2.27. The number of thioether (sulfide) groups is 1. The molecule has 36 heavy (non-hydrogen) atoms. The summed E-state index contributed by atoms with van der Waals surface area (Å²) in [5, 5.41) is 0.603. The smallest absolute Gasteiger partial charge is 0.293 e. The van der Waals surface area contributed by atoms with Gasteiger partial charge in [0.15, 0.2) is 11.5 Å². The van der Waals surface area contributed by atoms with Gasteiger partial charge in [-0.1, -0.05) is 53.0 Å². The Morgan fingerprint density at radius 2 is 1.72 bits per heavy atom. The number of halogens is 4. The Bertz CT molecular complexity index is 1350. The maximum absolute atomic E-state index is 13.3. The van der Waals surface area contributed by atoms with Gasteiger partial charge < -0.3 is 9.47 Å². The maximum atomic E-state index is 13.3. The van der Waals surface area contributed by atoms with Crippen molar-refractivity contribution in [1.29, 1.82) is 0 Å². The van der Waals surface area contributed by atoms with Gasteiger partial charge in [0, 0.05) is 10.0 Å². The molecule has 3 aromatic carbocycles. The molecule has 0 unspecified atom stereocenters. The minimum Gasteiger partial charge on any atom is -0.490 e. The van der Waals surface area contributed by atoms with E-state index < -0.39 is 17.0 Å². The van der Waals surface area contributed by atoms with Crippen LogP contribution in [0.5, 0.6) is 11.5 Å². The van der Waals surface area contributed by atoms with Gasteiger partial charge >= 0.3 is 0 Å². The van der Waals surface area contributed by atoms with E-state index >= 15 is 0 Å². The second-order valence-electron chi connectivity index (χ2n) is 7.68. The van der Waals surface area contributed by atoms with Crippen LogP contribution in [0.1, 0.15) is 23.6 Å². The molecule has 1 heterocycles. The molecule has 2 amide bonds. The molecule has 3 aromatic rings. The Kier molecular flexibility index (Phi) is 8.46. The predicted octanol–water partition coefficient (Wildman–Crippen LogP) is 8.00. The highest BCUT2D eigenvalue weighted by Crippen LogP contribution is 2.40. The third-order valence-electron chi connectivity index (χ3n) is 5.14. The number of carbonyl (C=O) groups excluding carboxylic acids is 2. The number of nitrogens with zero attached hydrogens (tertiary/aromatic N) is 1. The van der Waals surface area contributed by atoms with E-state index in [2.05, 4.69) is 0 Å². The number of rotatable bonds is 8. The minimum atomic E-state index is -0.500. The molecule has 1 fully saturated rings. The molecular weight excluding hydrogens is 548 g/mol. The second-order valence-corrected chi connectivity index (χ2v) is 9.93. The van der Waals surface area contributed by atoms with Crippen molar-refractivity contribution in [3.05, 3.63) is 97.1 Å². The lowest BCUT2D eigenvalue weighted by Gasteiger charge is -2.15. The van der Waals surface area contributed by atoms with Crippen molar-refractivity contribution in [2.75, 3.05) is 6.61 Å². The van der Waals surface area contributed by atoms with Crippen LogP contribution in [0.15, 0.2) is 59.5 Å². The van der Waals surface area contributed by atoms with Crippen LogP contribution in [0, 0.1) is 5.82 Å². The molecule has 4 rings (SSSR count). The molecule has 1 aliphatic rings. The third-order valence-corrected chi connectivity index (χ3v) is 6.94. The summed E-state index contributed by atoms with van der Waals surface area (Å²) in [6, 6.07) is 14.4. The molecule has 0 radical (unpaired) electrons. The van der Waals surface area contributed by atoms with Gasteiger partial charge in [-0.2, -0.15) is 0 Å². The van der Waals surface area contributed by atoms with Gasteiger partial charge in [0.25, 0.3) is 11.1 Å². The number of hydrogen-bond acceptors (Lipinski definition) is 5. The molecule has 0 aliphatic carbocycles. The Labute approximate surface area is 226 Å². The van der Waals surface area contributed by atoms with Gasteiger partial charge in [0.1, 0.15) is 12.4 Å². The highest BCUT2D eigenvalue weighted by Gasteiger charge is 2.35. The standard InChI is InChI=1S/C26H19Cl3FNO4S/c1-2-34-22-10-16(9-21(29)24(22)35-14-15-3-6-18(27)7-4-15)11-23-25(32)31(26(33)36-23)13-17-5-8-19(30)12-20(17)28/h3-12H,2,13-14H2,1H3/b23-11-. The number of benzene rings is 3. The van der Waals surface area contributed by atoms with Gasteiger partial charge in [-0.05, 0) is 77.9 Å². The van der Waals surface area contributed by atoms with Gasteiger partial charge in [-0.15, -0.1) is 0 Å². The van der Waals surface area contributed by atoms with Gasteiger partial charge in [-0.3, -0.25) is 14.5 Å². The highest BCUT2D eigenvalue weighted by molar-refractivity contribution is 8.18. The molecule has 0 saturated carbocycles. The average Bonchev–Trinajstić information content (AvgIpc) is 3.08. The van der Waals surface area contributed by atoms with Crippen molar-refractivity contribution >= 4 is 63.8 Å². The minimum absolute atomic E-state index is 0.0659. The fourth-order valence-corrected chi connectivity index (χ4v) is 4.88. The summed E-state index contributed by atoms with van der Waals surface area (Å²) in [5.41, 5.74) is 1.93. The van der Waals surface area contributed by atoms with Crippen molar-refractivity contribution in [3.8, 4) is 11.5 Å². The monoisotopic (exact) mass is 565 g/mol. The van der Waals surface area contributed by atoms with E-state index in [0.717, 1.165) is 28.3 Å². The Balaban J connectivity index is 1.55. The van der Waals surface area contributed by atoms with Crippen molar-refractivity contribution in [1.82, 2.24) is 4.90 Å². The first-order valence-electron chi connectivity index (χ1n) is 10.8. The molecule has 1 aliphatic heterocycles. The Morgan fingerprint density at radius 1 is 0.972 bits per heavy atom. The molecule has 1 saturated heterocycles. The molecule has 0 N–H and O–H groups in total. The number of carbonyl (C=O) groups is 2. The fourth-order valence-electron chi connectivity index (χ4n) is 3.42. The first-order valence-corrected chi connectivity index (χ1v) is 12.7. The summed E-state index contributed by atoms with van der Waals surface area (Å²) in [6.45, 7) is 2.38. The zero-order chi connectivity index (χ0) is 25.8. The number of ether oxygens (including phenoxy) is 2. The van der Waals surface area contributed by atoms with Crippen LogP contribution in [-0.2, 0) is 17.9 Å². The molecule has 0 bridgehead atoms. The van der Waals surface area contributed by atoms with Gasteiger partial charge in [-0.25, -0.2) is 4.39 Å². The normalized spacial score (nSPS) is 14.6. The van der Waals surface area contributed by atoms with E-state index in [0.29, 0.717) is 39.3 Å². The van der Waals surface area contributed by atoms with Gasteiger partial charge in [0.2, 0.25) is 0 Å². The van der Waals surface area contributed by atoms with Gasteiger partial charge in [0.05, 0.1) is 23.1 Å². The predicted molar refractivity (Wildman–Crippen MR) is 141 cm³/mol. The zero-order valence-electron chi connectivity index (χ0n) is 18.9. The summed E-state index contributed by atoms with van der Waals surface area (Å²) >= 11 is 19.3. The molecule has 0 atom stereocenters. The van der Waals surface area contributed by atoms with Crippen LogP contribution in [0.4, 0.5) is 9.18 Å².